The Kier molecular flexibility index (Phi) is 8.86. The highest BCUT2D eigenvalue weighted by Crippen LogP contribution is 2.13. The van der Waals surface area contributed by atoms with Crippen molar-refractivity contribution in [3.63, 3.8) is 0 Å². The lowest BCUT2D eigenvalue weighted by Gasteiger charge is -2.27. The summed E-state index contributed by atoms with van der Waals surface area (Å²) >= 11 is 0. The fourth-order valence-electron chi connectivity index (χ4n) is 3.02. The summed E-state index contributed by atoms with van der Waals surface area (Å²) in [5.74, 6) is 0.122. The molecule has 1 heterocycles. The molecule has 29 heavy (non-hydrogen) atoms. The first-order valence-corrected chi connectivity index (χ1v) is 9.80. The van der Waals surface area contributed by atoms with Crippen LogP contribution in [0, 0.1) is 11.7 Å². The summed E-state index contributed by atoms with van der Waals surface area (Å²) < 4.78 is 23.6. The molecule has 1 aromatic carbocycles. The Morgan fingerprint density at radius 2 is 1.83 bits per heavy atom. The Hall–Kier alpha value is -2.67. The summed E-state index contributed by atoms with van der Waals surface area (Å²) in [5, 5.41) is 0. The number of amides is 1. The van der Waals surface area contributed by atoms with E-state index in [1.54, 1.807) is 47.3 Å². The van der Waals surface area contributed by atoms with Crippen molar-refractivity contribution >= 4 is 11.9 Å². The zero-order valence-electron chi connectivity index (χ0n) is 17.3. The van der Waals surface area contributed by atoms with Crippen molar-refractivity contribution in [1.82, 2.24) is 9.80 Å². The van der Waals surface area contributed by atoms with E-state index in [-0.39, 0.29) is 43.2 Å². The smallest absolute Gasteiger partial charge is 0.320 e. The Bertz CT molecular complexity index is 760. The van der Waals surface area contributed by atoms with Crippen LogP contribution in [0.5, 0.6) is 0 Å². The fourth-order valence-corrected chi connectivity index (χ4v) is 3.02. The number of benzene rings is 1. The SMILES string of the molecule is CCOC(=O)CN(CC(=O)N(Cc1ccc(F)cc1)Cc1ccco1)CC(C)C. The second-order valence-electron chi connectivity index (χ2n) is 7.32. The van der Waals surface area contributed by atoms with E-state index >= 15 is 0 Å². The van der Waals surface area contributed by atoms with Crippen molar-refractivity contribution in [3.05, 3.63) is 59.8 Å². The Morgan fingerprint density at radius 1 is 1.10 bits per heavy atom. The maximum atomic E-state index is 13.2. The van der Waals surface area contributed by atoms with Gasteiger partial charge in [-0.15, -0.1) is 0 Å². The van der Waals surface area contributed by atoms with Crippen LogP contribution in [0.15, 0.2) is 47.1 Å². The molecule has 0 atom stereocenters. The molecule has 0 N–H and O–H groups in total. The molecule has 0 unspecified atom stereocenters. The summed E-state index contributed by atoms with van der Waals surface area (Å²) in [6, 6.07) is 9.62. The molecule has 0 aliphatic heterocycles. The lowest BCUT2D eigenvalue weighted by molar-refractivity contribution is -0.145. The Morgan fingerprint density at radius 3 is 2.41 bits per heavy atom. The number of carbonyl (C=O) groups is 2. The Balaban J connectivity index is 2.12. The summed E-state index contributed by atoms with van der Waals surface area (Å²) in [5.41, 5.74) is 0.812. The third-order valence-corrected chi connectivity index (χ3v) is 4.21. The van der Waals surface area contributed by atoms with Crippen LogP contribution in [-0.2, 0) is 27.4 Å². The molecule has 1 amide bonds. The number of rotatable bonds is 11. The number of carbonyl (C=O) groups excluding carboxylic acids is 2. The van der Waals surface area contributed by atoms with E-state index in [9.17, 15) is 14.0 Å². The molecule has 0 saturated carbocycles. The van der Waals surface area contributed by atoms with Crippen molar-refractivity contribution in [2.45, 2.75) is 33.9 Å². The van der Waals surface area contributed by atoms with Gasteiger partial charge in [0.1, 0.15) is 11.6 Å². The molecule has 0 bridgehead atoms. The number of furan rings is 1. The minimum absolute atomic E-state index is 0.0584. The molecule has 0 spiro atoms. The number of esters is 1. The molecule has 0 saturated heterocycles. The van der Waals surface area contributed by atoms with E-state index in [1.165, 1.54) is 12.1 Å². The topological polar surface area (TPSA) is 63.0 Å². The van der Waals surface area contributed by atoms with Crippen LogP contribution in [0.1, 0.15) is 32.1 Å². The second kappa shape index (κ2) is 11.4. The quantitative estimate of drug-likeness (QED) is 0.537. The number of hydrogen-bond donors (Lipinski definition) is 0. The average Bonchev–Trinajstić information content (AvgIpc) is 3.15. The molecular weight excluding hydrogens is 375 g/mol. The van der Waals surface area contributed by atoms with Gasteiger partial charge in [-0.05, 0) is 42.7 Å². The van der Waals surface area contributed by atoms with E-state index < -0.39 is 0 Å². The van der Waals surface area contributed by atoms with Crippen LogP contribution < -0.4 is 0 Å². The first-order chi connectivity index (χ1) is 13.9. The van der Waals surface area contributed by atoms with E-state index in [4.69, 9.17) is 9.15 Å². The van der Waals surface area contributed by atoms with Gasteiger partial charge in [-0.3, -0.25) is 14.5 Å². The first kappa shape index (κ1) is 22.6. The molecule has 0 radical (unpaired) electrons. The maximum Gasteiger partial charge on any atom is 0.320 e. The standard InChI is InChI=1S/C22H29FN2O4/c1-4-28-22(27)16-24(12-17(2)3)15-21(26)25(14-20-6-5-11-29-20)13-18-7-9-19(23)10-8-18/h5-11,17H,4,12-16H2,1-3H3. The van der Waals surface area contributed by atoms with Gasteiger partial charge >= 0.3 is 5.97 Å². The van der Waals surface area contributed by atoms with Crippen molar-refractivity contribution in [3.8, 4) is 0 Å². The molecule has 2 rings (SSSR count). The largest absolute Gasteiger partial charge is 0.467 e. The summed E-state index contributed by atoms with van der Waals surface area (Å²) in [6.45, 7) is 7.45. The average molecular weight is 404 g/mol. The predicted octanol–water partition coefficient (Wildman–Crippen LogP) is 3.47. The fraction of sp³-hybridized carbons (Fsp3) is 0.455. The molecule has 0 aliphatic rings. The second-order valence-corrected chi connectivity index (χ2v) is 7.32. The Labute approximate surface area is 171 Å². The maximum absolute atomic E-state index is 13.2. The van der Waals surface area contributed by atoms with Crippen LogP contribution in [0.4, 0.5) is 4.39 Å². The monoisotopic (exact) mass is 404 g/mol. The number of ether oxygens (including phenoxy) is 1. The normalized spacial score (nSPS) is 11.1. The number of halogens is 1. The number of hydrogen-bond acceptors (Lipinski definition) is 5. The highest BCUT2D eigenvalue weighted by Gasteiger charge is 2.22. The van der Waals surface area contributed by atoms with Crippen LogP contribution in [0.3, 0.4) is 0 Å². The van der Waals surface area contributed by atoms with E-state index in [2.05, 4.69) is 0 Å². The highest BCUT2D eigenvalue weighted by atomic mass is 19.1. The van der Waals surface area contributed by atoms with Gasteiger partial charge in [0.05, 0.1) is 32.5 Å². The predicted molar refractivity (Wildman–Crippen MR) is 107 cm³/mol. The van der Waals surface area contributed by atoms with Crippen LogP contribution in [0.2, 0.25) is 0 Å². The van der Waals surface area contributed by atoms with Gasteiger partial charge in [-0.25, -0.2) is 4.39 Å². The zero-order valence-corrected chi connectivity index (χ0v) is 17.3. The van der Waals surface area contributed by atoms with Gasteiger partial charge in [0.15, 0.2) is 0 Å². The van der Waals surface area contributed by atoms with Crippen LogP contribution in [0.25, 0.3) is 0 Å². The summed E-state index contributed by atoms with van der Waals surface area (Å²) in [4.78, 5) is 28.5. The summed E-state index contributed by atoms with van der Waals surface area (Å²) in [6.07, 6.45) is 1.56. The van der Waals surface area contributed by atoms with Gasteiger partial charge < -0.3 is 14.1 Å². The molecule has 0 aliphatic carbocycles. The molecule has 6 nitrogen and oxygen atoms in total. The minimum Gasteiger partial charge on any atom is -0.467 e. The molecule has 0 fully saturated rings. The molecule has 1 aromatic heterocycles. The van der Waals surface area contributed by atoms with Gasteiger partial charge in [-0.1, -0.05) is 26.0 Å². The van der Waals surface area contributed by atoms with E-state index in [0.29, 0.717) is 25.5 Å². The van der Waals surface area contributed by atoms with Crippen molar-refractivity contribution in [2.75, 3.05) is 26.2 Å². The van der Waals surface area contributed by atoms with Crippen molar-refractivity contribution in [2.24, 2.45) is 5.92 Å². The number of nitrogens with zero attached hydrogens (tertiary/aromatic N) is 2. The van der Waals surface area contributed by atoms with Crippen molar-refractivity contribution in [1.29, 1.82) is 0 Å². The highest BCUT2D eigenvalue weighted by molar-refractivity contribution is 5.79. The third kappa shape index (κ3) is 8.07. The molecule has 7 heteroatoms. The first-order valence-electron chi connectivity index (χ1n) is 9.80. The van der Waals surface area contributed by atoms with Gasteiger partial charge in [-0.2, -0.15) is 0 Å². The molecule has 158 valence electrons. The van der Waals surface area contributed by atoms with Gasteiger partial charge in [0.2, 0.25) is 5.91 Å². The minimum atomic E-state index is -0.350. The van der Waals surface area contributed by atoms with E-state index in [1.807, 2.05) is 13.8 Å². The zero-order chi connectivity index (χ0) is 21.2. The van der Waals surface area contributed by atoms with Gasteiger partial charge in [0.25, 0.3) is 0 Å². The van der Waals surface area contributed by atoms with Crippen LogP contribution >= 0.6 is 0 Å². The van der Waals surface area contributed by atoms with Crippen LogP contribution in [-0.4, -0.2) is 47.9 Å². The van der Waals surface area contributed by atoms with Gasteiger partial charge in [0, 0.05) is 13.1 Å². The lowest BCUT2D eigenvalue weighted by atomic mass is 10.2. The molecular formula is C22H29FN2O4. The molecule has 2 aromatic rings. The lowest BCUT2D eigenvalue weighted by Crippen LogP contribution is -2.43. The summed E-state index contributed by atoms with van der Waals surface area (Å²) in [7, 11) is 0. The van der Waals surface area contributed by atoms with Crippen molar-refractivity contribution < 1.29 is 23.1 Å². The third-order valence-electron chi connectivity index (χ3n) is 4.21. The van der Waals surface area contributed by atoms with E-state index in [0.717, 1.165) is 5.56 Å².